The Labute approximate surface area is 131 Å². The molecule has 0 amide bonds. The smallest absolute Gasteiger partial charge is 0.327 e. The average Bonchev–Trinajstić information content (AvgIpc) is 2.48. The monoisotopic (exact) mass is 328 g/mol. The van der Waals surface area contributed by atoms with Crippen molar-refractivity contribution in [3.8, 4) is 0 Å². The van der Waals surface area contributed by atoms with Crippen LogP contribution in [0.15, 0.2) is 18.2 Å². The van der Waals surface area contributed by atoms with E-state index >= 15 is 0 Å². The van der Waals surface area contributed by atoms with Gasteiger partial charge in [-0.2, -0.15) is 0 Å². The number of benzene rings is 1. The van der Waals surface area contributed by atoms with E-state index in [1.165, 1.54) is 13.0 Å². The maximum absolute atomic E-state index is 14.0. The Morgan fingerprint density at radius 1 is 1.26 bits per heavy atom. The summed E-state index contributed by atoms with van der Waals surface area (Å²) in [4.78, 5) is 34.7. The van der Waals surface area contributed by atoms with Crippen molar-refractivity contribution in [3.63, 3.8) is 0 Å². The molecule has 23 heavy (non-hydrogen) atoms. The summed E-state index contributed by atoms with van der Waals surface area (Å²) in [7, 11) is 0. The molecule has 8 nitrogen and oxygen atoms in total. The lowest BCUT2D eigenvalue weighted by Gasteiger charge is -2.25. The predicted molar refractivity (Wildman–Crippen MR) is 77.6 cm³/mol. The van der Waals surface area contributed by atoms with Crippen LogP contribution < -0.4 is 5.43 Å². The normalized spacial score (nSPS) is 10.8. The molecule has 1 aromatic carbocycles. The lowest BCUT2D eigenvalue weighted by molar-refractivity contribution is -0.445. The number of hydrogen-bond donors (Lipinski definition) is 1. The molecule has 126 valence electrons. The van der Waals surface area contributed by atoms with E-state index < -0.39 is 33.9 Å². The Bertz CT molecular complexity index is 601. The number of nitrogens with zero attached hydrogens (tertiary/aromatic N) is 1. The van der Waals surface area contributed by atoms with Gasteiger partial charge in [0.1, 0.15) is 5.69 Å². The van der Waals surface area contributed by atoms with Gasteiger partial charge in [-0.25, -0.2) is 14.5 Å². The molecular formula is C14H17FN2O6. The van der Waals surface area contributed by atoms with Crippen molar-refractivity contribution in [2.45, 2.75) is 26.2 Å². The fourth-order valence-corrected chi connectivity index (χ4v) is 1.89. The largest absolute Gasteiger partial charge is 0.465 e. The van der Waals surface area contributed by atoms with Gasteiger partial charge in [0, 0.05) is 0 Å². The van der Waals surface area contributed by atoms with Crippen LogP contribution in [0.3, 0.4) is 0 Å². The van der Waals surface area contributed by atoms with Gasteiger partial charge in [-0.15, -0.1) is 5.43 Å². The highest BCUT2D eigenvalue weighted by Crippen LogP contribution is 2.30. The number of rotatable bonds is 7. The first kappa shape index (κ1) is 18.3. The van der Waals surface area contributed by atoms with Crippen LogP contribution in [0.5, 0.6) is 0 Å². The van der Waals surface area contributed by atoms with Crippen molar-refractivity contribution in [1.29, 1.82) is 0 Å². The third kappa shape index (κ3) is 3.93. The third-order valence-corrected chi connectivity index (χ3v) is 3.13. The van der Waals surface area contributed by atoms with E-state index in [2.05, 4.69) is 0 Å². The van der Waals surface area contributed by atoms with Crippen molar-refractivity contribution in [3.05, 3.63) is 39.7 Å². The minimum absolute atomic E-state index is 0.0251. The SMILES string of the molecule is CCOC(=O)C(C)(C(=O)OCC)c1ccc(N[N+](=O)[O-])c(F)c1. The Morgan fingerprint density at radius 2 is 1.78 bits per heavy atom. The zero-order valence-electron chi connectivity index (χ0n) is 12.9. The molecule has 0 saturated heterocycles. The summed E-state index contributed by atoms with van der Waals surface area (Å²) in [6.45, 7) is 4.43. The molecule has 0 aliphatic rings. The highest BCUT2D eigenvalue weighted by Gasteiger charge is 2.46. The fraction of sp³-hybridized carbons (Fsp3) is 0.429. The summed E-state index contributed by atoms with van der Waals surface area (Å²) in [6, 6.07) is 3.15. The van der Waals surface area contributed by atoms with Gasteiger partial charge >= 0.3 is 11.9 Å². The molecule has 9 heteroatoms. The molecule has 0 saturated carbocycles. The van der Waals surface area contributed by atoms with Crippen LogP contribution in [-0.2, 0) is 24.5 Å². The second-order valence-electron chi connectivity index (χ2n) is 4.63. The number of carbonyl (C=O) groups excluding carboxylic acids is 2. The van der Waals surface area contributed by atoms with Gasteiger partial charge in [-0.1, -0.05) is 6.07 Å². The number of hydrazine groups is 1. The standard InChI is InChI=1S/C14H17FN2O6/c1-4-22-12(18)14(3,13(19)23-5-2)9-6-7-11(10(15)8-9)16-17(20)21/h6-8,16H,4-5H2,1-3H3. The van der Waals surface area contributed by atoms with E-state index in [1.807, 2.05) is 0 Å². The van der Waals surface area contributed by atoms with Gasteiger partial charge in [0.2, 0.25) is 0 Å². The van der Waals surface area contributed by atoms with Crippen LogP contribution in [-0.4, -0.2) is 30.2 Å². The summed E-state index contributed by atoms with van der Waals surface area (Å²) < 4.78 is 23.7. The van der Waals surface area contributed by atoms with E-state index in [-0.39, 0.29) is 18.8 Å². The molecule has 0 spiro atoms. The first-order valence-corrected chi connectivity index (χ1v) is 6.82. The minimum atomic E-state index is -1.87. The van der Waals surface area contributed by atoms with Crippen LogP contribution in [0.4, 0.5) is 10.1 Å². The predicted octanol–water partition coefficient (Wildman–Crippen LogP) is 1.81. The van der Waals surface area contributed by atoms with E-state index in [0.717, 1.165) is 12.1 Å². The van der Waals surface area contributed by atoms with Gasteiger partial charge in [0.05, 0.1) is 13.2 Å². The summed E-state index contributed by atoms with van der Waals surface area (Å²) in [6.07, 6.45) is 0. The maximum Gasteiger partial charge on any atom is 0.327 e. The number of esters is 2. The molecule has 0 aliphatic carbocycles. The van der Waals surface area contributed by atoms with E-state index in [9.17, 15) is 24.1 Å². The second kappa shape index (κ2) is 7.52. The zero-order chi connectivity index (χ0) is 17.6. The molecule has 1 rings (SSSR count). The molecule has 0 unspecified atom stereocenters. The molecule has 1 N–H and O–H groups in total. The Balaban J connectivity index is 3.32. The van der Waals surface area contributed by atoms with Gasteiger partial charge < -0.3 is 9.47 Å². The van der Waals surface area contributed by atoms with E-state index in [1.54, 1.807) is 19.3 Å². The summed E-state index contributed by atoms with van der Waals surface area (Å²) in [5.74, 6) is -2.78. The molecule has 1 aromatic rings. The number of halogens is 1. The topological polar surface area (TPSA) is 108 Å². The summed E-state index contributed by atoms with van der Waals surface area (Å²) >= 11 is 0. The van der Waals surface area contributed by atoms with Crippen molar-refractivity contribution in [2.24, 2.45) is 0 Å². The number of anilines is 1. The molecule has 0 atom stereocenters. The molecule has 0 heterocycles. The Hall–Kier alpha value is -2.71. The van der Waals surface area contributed by atoms with E-state index in [4.69, 9.17) is 9.47 Å². The van der Waals surface area contributed by atoms with Crippen molar-refractivity contribution >= 4 is 17.6 Å². The number of nitrogens with one attached hydrogen (secondary N) is 1. The Kier molecular flexibility index (Phi) is 6.00. The lowest BCUT2D eigenvalue weighted by atomic mass is 9.82. The van der Waals surface area contributed by atoms with Crippen LogP contribution in [0.1, 0.15) is 26.3 Å². The van der Waals surface area contributed by atoms with Crippen LogP contribution in [0.2, 0.25) is 0 Å². The Morgan fingerprint density at radius 3 is 2.17 bits per heavy atom. The van der Waals surface area contributed by atoms with Crippen molar-refractivity contribution in [1.82, 2.24) is 0 Å². The van der Waals surface area contributed by atoms with Crippen LogP contribution in [0.25, 0.3) is 0 Å². The van der Waals surface area contributed by atoms with Crippen molar-refractivity contribution < 1.29 is 28.5 Å². The minimum Gasteiger partial charge on any atom is -0.465 e. The first-order valence-electron chi connectivity index (χ1n) is 6.82. The lowest BCUT2D eigenvalue weighted by Crippen LogP contribution is -2.43. The quantitative estimate of drug-likeness (QED) is 0.352. The highest BCUT2D eigenvalue weighted by atomic mass is 19.1. The number of nitro groups is 1. The van der Waals surface area contributed by atoms with Crippen LogP contribution in [0, 0.1) is 15.9 Å². The number of hydrogen-bond acceptors (Lipinski definition) is 6. The molecule has 0 aromatic heterocycles. The second-order valence-corrected chi connectivity index (χ2v) is 4.63. The fourth-order valence-electron chi connectivity index (χ4n) is 1.89. The summed E-state index contributed by atoms with van der Waals surface area (Å²) in [5.41, 5.74) is -0.621. The average molecular weight is 328 g/mol. The maximum atomic E-state index is 14.0. The van der Waals surface area contributed by atoms with E-state index in [0.29, 0.717) is 0 Å². The summed E-state index contributed by atoms with van der Waals surface area (Å²) in [5, 5.41) is 9.45. The molecule has 0 aliphatic heterocycles. The van der Waals surface area contributed by atoms with Crippen LogP contribution >= 0.6 is 0 Å². The van der Waals surface area contributed by atoms with Gasteiger partial charge in [0.15, 0.2) is 16.3 Å². The zero-order valence-corrected chi connectivity index (χ0v) is 12.9. The van der Waals surface area contributed by atoms with Gasteiger partial charge in [-0.05, 0) is 38.5 Å². The molecule has 0 radical (unpaired) electrons. The molecule has 0 bridgehead atoms. The third-order valence-electron chi connectivity index (χ3n) is 3.13. The highest BCUT2D eigenvalue weighted by molar-refractivity contribution is 6.05. The first-order chi connectivity index (χ1) is 10.8. The molecular weight excluding hydrogens is 311 g/mol. The number of ether oxygens (including phenoxy) is 2. The van der Waals surface area contributed by atoms with Crippen molar-refractivity contribution in [2.75, 3.05) is 18.6 Å². The van der Waals surface area contributed by atoms with Gasteiger partial charge in [0.25, 0.3) is 0 Å². The molecule has 0 fully saturated rings. The number of carbonyl (C=O) groups is 2. The van der Waals surface area contributed by atoms with Gasteiger partial charge in [-0.3, -0.25) is 9.59 Å².